The minimum absolute atomic E-state index is 0.385. The van der Waals surface area contributed by atoms with Crippen LogP contribution in [0.4, 0.5) is 0 Å². The van der Waals surface area contributed by atoms with Crippen LogP contribution >= 0.6 is 0 Å². The molecule has 0 spiro atoms. The molecule has 8 aromatic rings. The molecule has 0 radical (unpaired) electrons. The van der Waals surface area contributed by atoms with Gasteiger partial charge in [0, 0.05) is 0 Å². The minimum Gasteiger partial charge on any atom is -0.0622 e. The smallest absolute Gasteiger partial charge is 0.0622 e. The average molecular weight is 560 g/mol. The van der Waals surface area contributed by atoms with Crippen LogP contribution in [0.1, 0.15) is 37.0 Å². The van der Waals surface area contributed by atoms with Gasteiger partial charge < -0.3 is 0 Å². The summed E-state index contributed by atoms with van der Waals surface area (Å²) in [5.74, 6) is 0. The van der Waals surface area contributed by atoms with E-state index >= 15 is 0 Å². The van der Waals surface area contributed by atoms with Crippen LogP contribution in [0.15, 0.2) is 169 Å². The molecule has 0 amide bonds. The fourth-order valence-electron chi connectivity index (χ4n) is 4.84. The molecule has 0 saturated carbocycles. The minimum atomic E-state index is -1.15. The highest BCUT2D eigenvalue weighted by Gasteiger charge is 2.19. The Bertz CT molecular complexity index is 3600. The lowest BCUT2D eigenvalue weighted by Gasteiger charge is -2.20. The topological polar surface area (TPSA) is 0 Å². The van der Waals surface area contributed by atoms with E-state index in [9.17, 15) is 11.0 Å². The molecule has 0 aliphatic carbocycles. The summed E-state index contributed by atoms with van der Waals surface area (Å²) >= 11 is 0. The summed E-state index contributed by atoms with van der Waals surface area (Å²) in [7, 11) is 0. The lowest BCUT2D eigenvalue weighted by molar-refractivity contribution is 1.58. The Balaban J connectivity index is 1.79. The molecule has 0 aliphatic rings. The molecule has 0 atom stereocenters. The van der Waals surface area contributed by atoms with Gasteiger partial charge in [0.05, 0.1) is 37.0 Å². The van der Waals surface area contributed by atoms with Crippen molar-refractivity contribution in [3.63, 3.8) is 0 Å². The third-order valence-electron chi connectivity index (χ3n) is 6.58. The van der Waals surface area contributed by atoms with E-state index in [2.05, 4.69) is 0 Å². The molecule has 8 rings (SSSR count). The van der Waals surface area contributed by atoms with Crippen molar-refractivity contribution in [2.75, 3.05) is 0 Å². The van der Waals surface area contributed by atoms with Gasteiger partial charge in [0.15, 0.2) is 0 Å². The maximum atomic E-state index is 9.99. The predicted octanol–water partition coefficient (Wildman–Crippen LogP) is 11.8. The number of rotatable bonds is 4. The van der Waals surface area contributed by atoms with Gasteiger partial charge in [0.2, 0.25) is 0 Å². The first kappa shape index (κ1) is 9.28. The molecule has 0 heteroatoms. The van der Waals surface area contributed by atoms with Gasteiger partial charge in [-0.05, 0) is 82.9 Å². The largest absolute Gasteiger partial charge is 0.0636 e. The molecule has 0 nitrogen and oxygen atoms in total. The third-order valence-corrected chi connectivity index (χ3v) is 6.58. The first-order valence-corrected chi connectivity index (χ1v) is 12.3. The summed E-state index contributed by atoms with van der Waals surface area (Å²) in [6.45, 7) is 0. The molecule has 0 N–H and O–H groups in total. The van der Waals surface area contributed by atoms with E-state index in [0.29, 0.717) is 0 Å². The molecule has 0 fully saturated rings. The van der Waals surface area contributed by atoms with Gasteiger partial charge in [0.1, 0.15) is 0 Å². The maximum Gasteiger partial charge on any atom is 0.0636 e. The van der Waals surface area contributed by atoms with E-state index in [1.54, 1.807) is 0 Å². The maximum absolute atomic E-state index is 9.99. The van der Waals surface area contributed by atoms with Crippen LogP contribution in [-0.2, 0) is 0 Å². The Hall–Kier alpha value is -5.46. The van der Waals surface area contributed by atoms with Gasteiger partial charge >= 0.3 is 0 Å². The van der Waals surface area contributed by atoms with E-state index in [1.165, 1.54) is 0 Å². The molecule has 0 aliphatic heterocycles. The Morgan fingerprint density at radius 3 is 1.48 bits per heavy atom. The molecular weight excluding hydrogens is 504 g/mol. The van der Waals surface area contributed by atoms with Crippen molar-refractivity contribution in [2.45, 2.75) is 0 Å². The van der Waals surface area contributed by atoms with Crippen LogP contribution in [0.3, 0.4) is 0 Å². The summed E-state index contributed by atoms with van der Waals surface area (Å²) in [6, 6.07) is -25.0. The molecule has 8 aromatic carbocycles. The van der Waals surface area contributed by atoms with Gasteiger partial charge in [0.25, 0.3) is 0 Å². The standard InChI is InChI=1S/C42H28/c1-3-14-29(15-4-1)34-27-26-32(28-40(34)31-16-5-2-6-17-31)41-36-21-9-11-23-38(36)42(39-24-12-10-22-37(39)41)35-25-13-19-30-18-7-8-20-33(30)35/h1-28H/i1D,2D,3D,4D,5D,6D,7D,8D,9D,10D,11D,12D,13D,14D,15D,16D,17D,18D,19D,21D,22D,23D,24D,25D,26D,27D,28D. The molecule has 0 unspecified atom stereocenters. The Morgan fingerprint density at radius 1 is 0.310 bits per heavy atom. The average Bonchev–Trinajstić information content (AvgIpc) is 3.31. The molecular formula is C42H28. The highest BCUT2D eigenvalue weighted by molar-refractivity contribution is 6.23. The second-order valence-corrected chi connectivity index (χ2v) is 8.83. The zero-order valence-electron chi connectivity index (χ0n) is 48.1. The van der Waals surface area contributed by atoms with Crippen molar-refractivity contribution in [3.8, 4) is 44.5 Å². The van der Waals surface area contributed by atoms with Crippen LogP contribution in [0.2, 0.25) is 0 Å². The lowest BCUT2D eigenvalue weighted by atomic mass is 9.83. The third kappa shape index (κ3) is 4.00. The zero-order chi connectivity index (χ0) is 51.4. The molecule has 0 saturated heterocycles. The Morgan fingerprint density at radius 2 is 0.833 bits per heavy atom. The van der Waals surface area contributed by atoms with E-state index in [-0.39, 0.29) is 5.39 Å². The van der Waals surface area contributed by atoms with E-state index in [4.69, 9.17) is 26.0 Å². The van der Waals surface area contributed by atoms with E-state index in [0.717, 1.165) is 6.07 Å². The van der Waals surface area contributed by atoms with Gasteiger partial charge in [-0.15, -0.1) is 0 Å². The van der Waals surface area contributed by atoms with E-state index < -0.39 is 235 Å². The summed E-state index contributed by atoms with van der Waals surface area (Å²) in [6.07, 6.45) is 0. The molecule has 0 aromatic heterocycles. The number of hydrogen-bond acceptors (Lipinski definition) is 0. The first-order chi connectivity index (χ1) is 32.1. The lowest BCUT2D eigenvalue weighted by Crippen LogP contribution is -1.93. The van der Waals surface area contributed by atoms with E-state index in [1.807, 2.05) is 0 Å². The second-order valence-electron chi connectivity index (χ2n) is 8.83. The monoisotopic (exact) mass is 559 g/mol. The van der Waals surface area contributed by atoms with Crippen molar-refractivity contribution in [2.24, 2.45) is 0 Å². The molecule has 196 valence electrons. The van der Waals surface area contributed by atoms with Crippen molar-refractivity contribution in [1.29, 1.82) is 0 Å². The normalized spacial score (nSPS) is 20.3. The first-order valence-electron chi connectivity index (χ1n) is 25.8. The van der Waals surface area contributed by atoms with Crippen molar-refractivity contribution >= 4 is 32.3 Å². The van der Waals surface area contributed by atoms with Gasteiger partial charge in [-0.25, -0.2) is 0 Å². The number of hydrogen-bond donors (Lipinski definition) is 0. The quantitative estimate of drug-likeness (QED) is 0.188. The molecule has 0 bridgehead atoms. The summed E-state index contributed by atoms with van der Waals surface area (Å²) < 4.78 is 241. The summed E-state index contributed by atoms with van der Waals surface area (Å²) in [5.41, 5.74) is -6.51. The van der Waals surface area contributed by atoms with Crippen LogP contribution in [0, 0.1) is 0 Å². The highest BCUT2D eigenvalue weighted by Crippen LogP contribution is 2.46. The SMILES string of the molecule is [2H]c1cc2c(-c3c4c([2H])c([2H])c([2H])c([2H])c4c(-c4c([2H])c([2H])c(-c5c([2H])c([2H])c([2H])c([2H])c5[2H])c(-c5c([2H])c([2H])c([2H])c([2H])c5[2H])c4[2H])c4c([2H])c([2H])c([2H])c([2H])c34)c([2H])c([2H])c([2H])c2c([2H])c1[2H]. The van der Waals surface area contributed by atoms with Crippen LogP contribution in [-0.4, -0.2) is 0 Å². The molecule has 0 heterocycles. The zero-order valence-corrected chi connectivity index (χ0v) is 21.1. The summed E-state index contributed by atoms with van der Waals surface area (Å²) in [4.78, 5) is 0. The van der Waals surface area contributed by atoms with Crippen molar-refractivity contribution < 1.29 is 37.0 Å². The highest BCUT2D eigenvalue weighted by atomic mass is 14.2. The molecule has 42 heavy (non-hydrogen) atoms. The Kier molecular flexibility index (Phi) is 2.25. The van der Waals surface area contributed by atoms with Gasteiger partial charge in [-0.3, -0.25) is 0 Å². The fourth-order valence-corrected chi connectivity index (χ4v) is 4.84. The summed E-state index contributed by atoms with van der Waals surface area (Å²) in [5, 5.41) is -3.81. The van der Waals surface area contributed by atoms with Gasteiger partial charge in [-0.1, -0.05) is 163 Å². The van der Waals surface area contributed by atoms with Crippen LogP contribution in [0.25, 0.3) is 76.8 Å². The fraction of sp³-hybridized carbons (Fsp3) is 0. The number of fused-ring (bicyclic) bond motifs is 3. The number of benzene rings is 8. The van der Waals surface area contributed by atoms with Gasteiger partial charge in [-0.2, -0.15) is 0 Å². The van der Waals surface area contributed by atoms with Crippen molar-refractivity contribution in [1.82, 2.24) is 0 Å². The van der Waals surface area contributed by atoms with Crippen molar-refractivity contribution in [3.05, 3.63) is 169 Å². The predicted molar refractivity (Wildman–Crippen MR) is 181 cm³/mol. The van der Waals surface area contributed by atoms with Crippen LogP contribution < -0.4 is 0 Å². The van der Waals surface area contributed by atoms with Crippen LogP contribution in [0.5, 0.6) is 0 Å². The Labute approximate surface area is 284 Å². The second kappa shape index (κ2) is 10.2.